The zero-order chi connectivity index (χ0) is 11.3. The van der Waals surface area contributed by atoms with Crippen molar-refractivity contribution in [3.8, 4) is 0 Å². The molecule has 0 aromatic heterocycles. The number of hydrogen-bond donors (Lipinski definition) is 0. The van der Waals surface area contributed by atoms with E-state index in [4.69, 9.17) is 11.6 Å². The minimum atomic E-state index is 0.253. The summed E-state index contributed by atoms with van der Waals surface area (Å²) < 4.78 is 0. The summed E-state index contributed by atoms with van der Waals surface area (Å²) >= 11 is 5.81. The number of benzene rings is 1. The molecule has 0 spiro atoms. The van der Waals surface area contributed by atoms with Crippen molar-refractivity contribution in [1.82, 2.24) is 0 Å². The van der Waals surface area contributed by atoms with Gasteiger partial charge >= 0.3 is 0 Å². The standard InChI is InChI=1S/C12H14ClNO/c1-9(2)12(7-14-8-15)10-3-5-11(13)6-4-10/h3-6,9,12H,7H2,1-2H3. The van der Waals surface area contributed by atoms with E-state index in [0.717, 1.165) is 10.6 Å². The Morgan fingerprint density at radius 3 is 2.40 bits per heavy atom. The number of carbonyl (C=O) groups excluding carboxylic acids is 1. The number of aliphatic imine (C=N–C) groups is 1. The first-order chi connectivity index (χ1) is 7.15. The molecule has 0 saturated carbocycles. The van der Waals surface area contributed by atoms with Gasteiger partial charge in [0.2, 0.25) is 6.08 Å². The van der Waals surface area contributed by atoms with Gasteiger partial charge in [-0.2, -0.15) is 0 Å². The maximum absolute atomic E-state index is 10.1. The van der Waals surface area contributed by atoms with Crippen LogP contribution in [-0.4, -0.2) is 12.6 Å². The van der Waals surface area contributed by atoms with Crippen molar-refractivity contribution in [3.05, 3.63) is 34.9 Å². The van der Waals surface area contributed by atoms with Crippen LogP contribution in [-0.2, 0) is 4.79 Å². The van der Waals surface area contributed by atoms with E-state index in [1.165, 1.54) is 0 Å². The highest BCUT2D eigenvalue weighted by atomic mass is 35.5. The molecule has 0 aliphatic heterocycles. The fraction of sp³-hybridized carbons (Fsp3) is 0.417. The lowest BCUT2D eigenvalue weighted by molar-refractivity contribution is 0.502. The maximum atomic E-state index is 10.1. The van der Waals surface area contributed by atoms with Crippen LogP contribution >= 0.6 is 11.6 Å². The molecule has 2 nitrogen and oxygen atoms in total. The van der Waals surface area contributed by atoms with Crippen LogP contribution in [0.15, 0.2) is 29.3 Å². The average Bonchev–Trinajstić information content (AvgIpc) is 2.21. The summed E-state index contributed by atoms with van der Waals surface area (Å²) in [6, 6.07) is 7.68. The fourth-order valence-corrected chi connectivity index (χ4v) is 1.67. The molecule has 0 amide bonds. The lowest BCUT2D eigenvalue weighted by Gasteiger charge is -2.18. The Bertz CT molecular complexity index is 352. The summed E-state index contributed by atoms with van der Waals surface area (Å²) in [5.74, 6) is 0.687. The topological polar surface area (TPSA) is 29.4 Å². The molecular weight excluding hydrogens is 210 g/mol. The molecule has 1 aromatic rings. The second kappa shape index (κ2) is 5.69. The Labute approximate surface area is 95.0 Å². The van der Waals surface area contributed by atoms with Crippen LogP contribution < -0.4 is 0 Å². The zero-order valence-electron chi connectivity index (χ0n) is 8.90. The quantitative estimate of drug-likeness (QED) is 0.568. The van der Waals surface area contributed by atoms with Crippen molar-refractivity contribution in [2.45, 2.75) is 19.8 Å². The van der Waals surface area contributed by atoms with Crippen LogP contribution in [0.5, 0.6) is 0 Å². The van der Waals surface area contributed by atoms with Gasteiger partial charge in [-0.15, -0.1) is 0 Å². The van der Waals surface area contributed by atoms with Crippen LogP contribution in [0, 0.1) is 5.92 Å². The largest absolute Gasteiger partial charge is 0.234 e. The first-order valence-electron chi connectivity index (χ1n) is 4.94. The molecule has 0 heterocycles. The van der Waals surface area contributed by atoms with Crippen molar-refractivity contribution >= 4 is 17.7 Å². The summed E-state index contributed by atoms with van der Waals surface area (Å²) in [5.41, 5.74) is 1.16. The molecule has 3 heteroatoms. The number of hydrogen-bond acceptors (Lipinski definition) is 2. The van der Waals surface area contributed by atoms with Gasteiger partial charge in [-0.3, -0.25) is 0 Å². The summed E-state index contributed by atoms with van der Waals surface area (Å²) in [6.45, 7) is 4.71. The Hall–Kier alpha value is -1.11. The molecule has 1 unspecified atom stereocenters. The van der Waals surface area contributed by atoms with E-state index in [1.54, 1.807) is 6.08 Å². The van der Waals surface area contributed by atoms with Crippen molar-refractivity contribution in [3.63, 3.8) is 0 Å². The minimum absolute atomic E-state index is 0.253. The van der Waals surface area contributed by atoms with Gasteiger partial charge in [-0.25, -0.2) is 9.79 Å². The van der Waals surface area contributed by atoms with Crippen molar-refractivity contribution in [1.29, 1.82) is 0 Å². The molecule has 0 N–H and O–H groups in total. The van der Waals surface area contributed by atoms with Gasteiger partial charge in [-0.1, -0.05) is 37.6 Å². The van der Waals surface area contributed by atoms with Crippen LogP contribution in [0.2, 0.25) is 5.02 Å². The summed E-state index contributed by atoms with van der Waals surface area (Å²) in [7, 11) is 0. The third-order valence-electron chi connectivity index (χ3n) is 2.46. The molecule has 0 bridgehead atoms. The Balaban J connectivity index is 2.88. The number of rotatable bonds is 4. The second-order valence-electron chi connectivity index (χ2n) is 3.83. The molecule has 80 valence electrons. The predicted molar refractivity (Wildman–Crippen MR) is 62.0 cm³/mol. The van der Waals surface area contributed by atoms with Gasteiger partial charge in [0, 0.05) is 10.9 Å². The average molecular weight is 224 g/mol. The molecule has 0 radical (unpaired) electrons. The highest BCUT2D eigenvalue weighted by Crippen LogP contribution is 2.25. The van der Waals surface area contributed by atoms with Crippen LogP contribution in [0.1, 0.15) is 25.3 Å². The minimum Gasteiger partial charge on any atom is -0.211 e. The van der Waals surface area contributed by atoms with E-state index in [-0.39, 0.29) is 5.92 Å². The van der Waals surface area contributed by atoms with E-state index in [9.17, 15) is 4.79 Å². The second-order valence-corrected chi connectivity index (χ2v) is 4.27. The van der Waals surface area contributed by atoms with Crippen LogP contribution in [0.25, 0.3) is 0 Å². The molecule has 1 atom stereocenters. The monoisotopic (exact) mass is 223 g/mol. The van der Waals surface area contributed by atoms with E-state index < -0.39 is 0 Å². The van der Waals surface area contributed by atoms with E-state index in [0.29, 0.717) is 12.5 Å². The highest BCUT2D eigenvalue weighted by molar-refractivity contribution is 6.30. The van der Waals surface area contributed by atoms with Gasteiger partial charge in [0.05, 0.1) is 6.54 Å². The summed E-state index contributed by atoms with van der Waals surface area (Å²) in [6.07, 6.45) is 1.58. The first kappa shape index (κ1) is 12.0. The normalized spacial score (nSPS) is 12.3. The highest BCUT2D eigenvalue weighted by Gasteiger charge is 2.14. The zero-order valence-corrected chi connectivity index (χ0v) is 9.66. The van der Waals surface area contributed by atoms with Gasteiger partial charge in [0.1, 0.15) is 0 Å². The number of halogens is 1. The van der Waals surface area contributed by atoms with Gasteiger partial charge < -0.3 is 0 Å². The predicted octanol–water partition coefficient (Wildman–Crippen LogP) is 3.42. The summed E-state index contributed by atoms with van der Waals surface area (Å²) in [5, 5.41) is 0.722. The molecule has 0 aliphatic rings. The molecular formula is C12H14ClNO. The van der Waals surface area contributed by atoms with E-state index in [2.05, 4.69) is 18.8 Å². The third kappa shape index (κ3) is 3.50. The third-order valence-corrected chi connectivity index (χ3v) is 2.71. The smallest absolute Gasteiger partial charge is 0.211 e. The fourth-order valence-electron chi connectivity index (χ4n) is 1.55. The molecule has 0 aliphatic carbocycles. The van der Waals surface area contributed by atoms with Crippen molar-refractivity contribution in [2.75, 3.05) is 6.54 Å². The van der Waals surface area contributed by atoms with E-state index >= 15 is 0 Å². The molecule has 0 fully saturated rings. The summed E-state index contributed by atoms with van der Waals surface area (Å²) in [4.78, 5) is 13.8. The first-order valence-corrected chi connectivity index (χ1v) is 5.32. The van der Waals surface area contributed by atoms with Crippen molar-refractivity contribution in [2.24, 2.45) is 10.9 Å². The molecule has 0 saturated heterocycles. The van der Waals surface area contributed by atoms with Crippen LogP contribution in [0.3, 0.4) is 0 Å². The Kier molecular flexibility index (Phi) is 4.54. The molecule has 1 rings (SSSR count). The van der Waals surface area contributed by atoms with E-state index in [1.807, 2.05) is 24.3 Å². The van der Waals surface area contributed by atoms with Crippen molar-refractivity contribution < 1.29 is 4.79 Å². The lowest BCUT2D eigenvalue weighted by Crippen LogP contribution is -2.10. The maximum Gasteiger partial charge on any atom is 0.234 e. The van der Waals surface area contributed by atoms with Gasteiger partial charge in [0.15, 0.2) is 0 Å². The van der Waals surface area contributed by atoms with Crippen LogP contribution in [0.4, 0.5) is 0 Å². The lowest BCUT2D eigenvalue weighted by atomic mass is 9.88. The number of nitrogens with zero attached hydrogens (tertiary/aromatic N) is 1. The Morgan fingerprint density at radius 1 is 1.33 bits per heavy atom. The molecule has 1 aromatic carbocycles. The van der Waals surface area contributed by atoms with Gasteiger partial charge in [-0.05, 0) is 23.6 Å². The Morgan fingerprint density at radius 2 is 1.93 bits per heavy atom. The SMILES string of the molecule is CC(C)C(CN=C=O)c1ccc(Cl)cc1. The molecule has 15 heavy (non-hydrogen) atoms. The van der Waals surface area contributed by atoms with Gasteiger partial charge in [0.25, 0.3) is 0 Å². The number of isocyanates is 1.